The maximum absolute atomic E-state index is 12.7. The lowest BCUT2D eigenvalue weighted by molar-refractivity contribution is -0.145. The summed E-state index contributed by atoms with van der Waals surface area (Å²) in [7, 11) is 0. The summed E-state index contributed by atoms with van der Waals surface area (Å²) in [4.78, 5) is 36.3. The van der Waals surface area contributed by atoms with Crippen molar-refractivity contribution in [1.29, 1.82) is 0 Å². The normalized spacial score (nSPS) is 30.3. The van der Waals surface area contributed by atoms with Crippen LogP contribution in [0.15, 0.2) is 24.3 Å². The van der Waals surface area contributed by atoms with Crippen LogP contribution in [0.1, 0.15) is 56.3 Å². The summed E-state index contributed by atoms with van der Waals surface area (Å²) in [6.07, 6.45) is 3.88. The monoisotopic (exact) mass is 358 g/mol. The third-order valence-electron chi connectivity index (χ3n) is 5.74. The van der Waals surface area contributed by atoms with Gasteiger partial charge in [0.15, 0.2) is 0 Å². The molecule has 26 heavy (non-hydrogen) atoms. The summed E-state index contributed by atoms with van der Waals surface area (Å²) in [6, 6.07) is 6.79. The zero-order valence-corrected chi connectivity index (χ0v) is 15.2. The third-order valence-corrected chi connectivity index (χ3v) is 5.74. The zero-order chi connectivity index (χ0) is 18.9. The summed E-state index contributed by atoms with van der Waals surface area (Å²) in [5.74, 6) is -1.30. The van der Waals surface area contributed by atoms with E-state index < -0.39 is 17.4 Å². The number of amides is 2. The molecule has 1 aromatic rings. The molecule has 0 heterocycles. The first-order valence-corrected chi connectivity index (χ1v) is 9.26. The van der Waals surface area contributed by atoms with E-state index in [4.69, 9.17) is 0 Å². The maximum Gasteiger partial charge on any atom is 0.308 e. The fourth-order valence-electron chi connectivity index (χ4n) is 3.87. The molecule has 2 aliphatic rings. The topological polar surface area (TPSA) is 95.5 Å². The lowest BCUT2D eigenvalue weighted by Crippen LogP contribution is -2.55. The molecule has 0 saturated heterocycles. The van der Waals surface area contributed by atoms with E-state index >= 15 is 0 Å². The van der Waals surface area contributed by atoms with E-state index in [0.29, 0.717) is 30.0 Å². The van der Waals surface area contributed by atoms with Crippen molar-refractivity contribution in [1.82, 2.24) is 5.32 Å². The molecule has 4 atom stereocenters. The first-order chi connectivity index (χ1) is 12.3. The van der Waals surface area contributed by atoms with Crippen LogP contribution < -0.4 is 10.6 Å². The Bertz CT molecular complexity index is 732. The van der Waals surface area contributed by atoms with Crippen molar-refractivity contribution < 1.29 is 19.5 Å². The highest BCUT2D eigenvalue weighted by molar-refractivity contribution is 5.98. The second-order valence-electron chi connectivity index (χ2n) is 7.90. The van der Waals surface area contributed by atoms with Crippen molar-refractivity contribution in [2.45, 2.75) is 51.5 Å². The van der Waals surface area contributed by atoms with Gasteiger partial charge in [-0.1, -0.05) is 25.8 Å². The van der Waals surface area contributed by atoms with Gasteiger partial charge in [0.05, 0.1) is 11.5 Å². The first-order valence-electron chi connectivity index (χ1n) is 9.26. The summed E-state index contributed by atoms with van der Waals surface area (Å²) in [5.41, 5.74) is 0.247. The zero-order valence-electron chi connectivity index (χ0n) is 15.2. The molecule has 4 unspecified atom stereocenters. The van der Waals surface area contributed by atoms with Crippen molar-refractivity contribution in [2.24, 2.45) is 17.8 Å². The molecule has 2 aliphatic carbocycles. The molecule has 3 rings (SSSR count). The van der Waals surface area contributed by atoms with Crippen LogP contribution in [-0.2, 0) is 9.59 Å². The molecule has 0 aliphatic heterocycles. The standard InChI is InChI=1S/C20H26N2O4/c1-12-10-15(12)18(24)21-14-7-5-6-13(11-14)17(23)22-20(2)9-4-3-8-16(20)19(25)26/h5-7,11-12,15-16H,3-4,8-10H2,1-2H3,(H,21,24)(H,22,23)(H,25,26). The molecule has 1 aromatic carbocycles. The lowest BCUT2D eigenvalue weighted by atomic mass is 9.73. The van der Waals surface area contributed by atoms with Gasteiger partial charge >= 0.3 is 5.97 Å². The number of carbonyl (C=O) groups is 3. The van der Waals surface area contributed by atoms with Crippen LogP contribution in [0, 0.1) is 17.8 Å². The van der Waals surface area contributed by atoms with Gasteiger partial charge in [0.2, 0.25) is 5.91 Å². The molecular formula is C20H26N2O4. The number of carboxylic acid groups (broad SMARTS) is 1. The molecule has 2 saturated carbocycles. The molecular weight excluding hydrogens is 332 g/mol. The largest absolute Gasteiger partial charge is 0.481 e. The van der Waals surface area contributed by atoms with Gasteiger partial charge in [0, 0.05) is 17.2 Å². The van der Waals surface area contributed by atoms with Crippen molar-refractivity contribution in [2.75, 3.05) is 5.32 Å². The maximum atomic E-state index is 12.7. The van der Waals surface area contributed by atoms with Crippen LogP contribution in [0.2, 0.25) is 0 Å². The van der Waals surface area contributed by atoms with E-state index in [1.807, 2.05) is 13.8 Å². The minimum Gasteiger partial charge on any atom is -0.481 e. The summed E-state index contributed by atoms with van der Waals surface area (Å²) in [5, 5.41) is 15.3. The Kier molecular flexibility index (Phi) is 5.03. The predicted molar refractivity (Wildman–Crippen MR) is 97.8 cm³/mol. The highest BCUT2D eigenvalue weighted by atomic mass is 16.4. The van der Waals surface area contributed by atoms with E-state index in [2.05, 4.69) is 10.6 Å². The van der Waals surface area contributed by atoms with Gasteiger partial charge in [-0.2, -0.15) is 0 Å². The van der Waals surface area contributed by atoms with Gasteiger partial charge in [0.1, 0.15) is 0 Å². The number of aliphatic carboxylic acids is 1. The van der Waals surface area contributed by atoms with E-state index in [1.54, 1.807) is 24.3 Å². The van der Waals surface area contributed by atoms with Crippen molar-refractivity contribution >= 4 is 23.5 Å². The molecule has 0 bridgehead atoms. The minimum atomic E-state index is -0.868. The Morgan fingerprint density at radius 2 is 1.96 bits per heavy atom. The van der Waals surface area contributed by atoms with Crippen molar-refractivity contribution in [3.63, 3.8) is 0 Å². The van der Waals surface area contributed by atoms with Crippen LogP contribution in [0.25, 0.3) is 0 Å². The second-order valence-corrected chi connectivity index (χ2v) is 7.90. The molecule has 6 heteroatoms. The van der Waals surface area contributed by atoms with Crippen molar-refractivity contribution in [3.8, 4) is 0 Å². The van der Waals surface area contributed by atoms with Crippen LogP contribution in [0.5, 0.6) is 0 Å². The summed E-state index contributed by atoms with van der Waals surface area (Å²) in [6.45, 7) is 3.85. The van der Waals surface area contributed by atoms with Crippen LogP contribution in [-0.4, -0.2) is 28.4 Å². The van der Waals surface area contributed by atoms with E-state index in [-0.39, 0.29) is 17.7 Å². The number of benzene rings is 1. The van der Waals surface area contributed by atoms with E-state index in [0.717, 1.165) is 19.3 Å². The average Bonchev–Trinajstić information content (AvgIpc) is 3.32. The van der Waals surface area contributed by atoms with Crippen LogP contribution in [0.4, 0.5) is 5.69 Å². The average molecular weight is 358 g/mol. The Morgan fingerprint density at radius 3 is 2.62 bits per heavy atom. The number of carboxylic acids is 1. The van der Waals surface area contributed by atoms with Crippen LogP contribution in [0.3, 0.4) is 0 Å². The molecule has 0 radical (unpaired) electrons. The number of nitrogens with one attached hydrogen (secondary N) is 2. The van der Waals surface area contributed by atoms with Gasteiger partial charge in [0.25, 0.3) is 5.91 Å². The van der Waals surface area contributed by atoms with Gasteiger partial charge in [-0.3, -0.25) is 14.4 Å². The quantitative estimate of drug-likeness (QED) is 0.754. The van der Waals surface area contributed by atoms with Crippen LogP contribution >= 0.6 is 0 Å². The predicted octanol–water partition coefficient (Wildman–Crippen LogP) is 3.04. The molecule has 3 N–H and O–H groups in total. The number of rotatable bonds is 5. The molecule has 2 fully saturated rings. The smallest absolute Gasteiger partial charge is 0.308 e. The number of hydrogen-bond acceptors (Lipinski definition) is 3. The fourth-order valence-corrected chi connectivity index (χ4v) is 3.87. The Morgan fingerprint density at radius 1 is 1.23 bits per heavy atom. The highest BCUT2D eigenvalue weighted by Crippen LogP contribution is 2.38. The Labute approximate surface area is 153 Å². The van der Waals surface area contributed by atoms with Gasteiger partial charge in [-0.15, -0.1) is 0 Å². The Balaban J connectivity index is 1.70. The molecule has 6 nitrogen and oxygen atoms in total. The van der Waals surface area contributed by atoms with Gasteiger partial charge in [-0.05, 0) is 50.3 Å². The third kappa shape index (κ3) is 3.89. The number of hydrogen-bond donors (Lipinski definition) is 3. The summed E-state index contributed by atoms with van der Waals surface area (Å²) >= 11 is 0. The molecule has 2 amide bonds. The minimum absolute atomic E-state index is 0.0137. The van der Waals surface area contributed by atoms with Gasteiger partial charge < -0.3 is 15.7 Å². The summed E-state index contributed by atoms with van der Waals surface area (Å²) < 4.78 is 0. The number of anilines is 1. The Hall–Kier alpha value is -2.37. The second kappa shape index (κ2) is 7.09. The van der Waals surface area contributed by atoms with E-state index in [1.165, 1.54) is 0 Å². The first kappa shape index (κ1) is 18.4. The molecule has 140 valence electrons. The SMILES string of the molecule is CC1CC1C(=O)Nc1cccc(C(=O)NC2(C)CCCCC2C(=O)O)c1. The molecule has 0 aromatic heterocycles. The van der Waals surface area contributed by atoms with Crippen molar-refractivity contribution in [3.05, 3.63) is 29.8 Å². The highest BCUT2D eigenvalue weighted by Gasteiger charge is 2.42. The van der Waals surface area contributed by atoms with Gasteiger partial charge in [-0.25, -0.2) is 0 Å². The molecule has 0 spiro atoms. The van der Waals surface area contributed by atoms with E-state index in [9.17, 15) is 19.5 Å². The number of carbonyl (C=O) groups excluding carboxylic acids is 2. The fraction of sp³-hybridized carbons (Fsp3) is 0.550. The lowest BCUT2D eigenvalue weighted by Gasteiger charge is -2.39.